The van der Waals surface area contributed by atoms with Crippen molar-refractivity contribution >= 4 is 37.5 Å². The average Bonchev–Trinajstić information content (AvgIpc) is 3.32. The molecule has 3 aromatic rings. The number of hydrogen-bond donors (Lipinski definition) is 2. The fourth-order valence-electron chi connectivity index (χ4n) is 2.69. The molecular formula is C15H14N6O3S2. The lowest BCUT2D eigenvalue weighted by Crippen LogP contribution is -2.16. The highest BCUT2D eigenvalue weighted by Crippen LogP contribution is 2.24. The number of aromatic nitrogens is 4. The first kappa shape index (κ1) is 16.7. The summed E-state index contributed by atoms with van der Waals surface area (Å²) in [4.78, 5) is 16.7. The predicted molar refractivity (Wildman–Crippen MR) is 95.7 cm³/mol. The minimum absolute atomic E-state index is 0.0719. The van der Waals surface area contributed by atoms with E-state index in [9.17, 15) is 13.2 Å². The zero-order valence-corrected chi connectivity index (χ0v) is 15.0. The molecule has 0 spiro atoms. The highest BCUT2D eigenvalue weighted by molar-refractivity contribution is 7.93. The lowest BCUT2D eigenvalue weighted by molar-refractivity contribution is 0.101. The van der Waals surface area contributed by atoms with Crippen LogP contribution in [0.3, 0.4) is 0 Å². The average molecular weight is 390 g/mol. The fourth-order valence-corrected chi connectivity index (χ4v) is 4.58. The molecule has 0 bridgehead atoms. The van der Waals surface area contributed by atoms with Gasteiger partial charge >= 0.3 is 0 Å². The maximum absolute atomic E-state index is 12.4. The highest BCUT2D eigenvalue weighted by Gasteiger charge is 2.22. The Morgan fingerprint density at radius 2 is 1.92 bits per heavy atom. The van der Waals surface area contributed by atoms with Crippen LogP contribution >= 0.6 is 11.3 Å². The van der Waals surface area contributed by atoms with E-state index in [-0.39, 0.29) is 21.1 Å². The third-order valence-corrected chi connectivity index (χ3v) is 6.11. The molecule has 0 fully saturated rings. The van der Waals surface area contributed by atoms with Gasteiger partial charge < -0.3 is 4.57 Å². The van der Waals surface area contributed by atoms with Gasteiger partial charge in [0.25, 0.3) is 15.9 Å². The fraction of sp³-hybridized carbons (Fsp3) is 0.200. The van der Waals surface area contributed by atoms with Gasteiger partial charge in [-0.2, -0.15) is 0 Å². The summed E-state index contributed by atoms with van der Waals surface area (Å²) in [5.41, 5.74) is 0.458. The number of rotatable bonds is 5. The van der Waals surface area contributed by atoms with E-state index < -0.39 is 10.0 Å². The predicted octanol–water partition coefficient (Wildman–Crippen LogP) is 1.73. The minimum Gasteiger partial charge on any atom is -0.324 e. The van der Waals surface area contributed by atoms with Crippen LogP contribution in [0.4, 0.5) is 10.3 Å². The maximum atomic E-state index is 12.4. The van der Waals surface area contributed by atoms with Crippen molar-refractivity contribution in [2.24, 2.45) is 0 Å². The number of carbonyl (C=O) groups is 1. The van der Waals surface area contributed by atoms with E-state index in [1.165, 1.54) is 18.3 Å². The van der Waals surface area contributed by atoms with Crippen LogP contribution in [0.2, 0.25) is 0 Å². The van der Waals surface area contributed by atoms with Crippen molar-refractivity contribution in [3.63, 3.8) is 0 Å². The van der Waals surface area contributed by atoms with Gasteiger partial charge in [-0.1, -0.05) is 29.5 Å². The first-order valence-electron chi connectivity index (χ1n) is 7.80. The summed E-state index contributed by atoms with van der Waals surface area (Å²) in [5.74, 6) is 0.544. The number of hydrogen-bond acceptors (Lipinski definition) is 7. The van der Waals surface area contributed by atoms with Crippen LogP contribution < -0.4 is 10.0 Å². The number of anilines is 2. The number of aryl methyl sites for hydroxylation is 1. The number of sulfonamides is 1. The van der Waals surface area contributed by atoms with Crippen LogP contribution in [-0.4, -0.2) is 34.1 Å². The molecule has 26 heavy (non-hydrogen) atoms. The lowest BCUT2D eigenvalue weighted by atomic mass is 10.3. The highest BCUT2D eigenvalue weighted by atomic mass is 32.2. The Bertz CT molecular complexity index is 1060. The van der Waals surface area contributed by atoms with Crippen molar-refractivity contribution in [1.82, 2.24) is 19.7 Å². The molecule has 1 aliphatic heterocycles. The van der Waals surface area contributed by atoms with Crippen molar-refractivity contribution in [3.8, 4) is 0 Å². The van der Waals surface area contributed by atoms with Crippen molar-refractivity contribution in [2.45, 2.75) is 24.3 Å². The summed E-state index contributed by atoms with van der Waals surface area (Å²) in [5, 5.41) is 10.5. The second kappa shape index (κ2) is 6.50. The van der Waals surface area contributed by atoms with Crippen molar-refractivity contribution < 1.29 is 13.2 Å². The minimum atomic E-state index is -3.75. The molecule has 0 aliphatic carbocycles. The third kappa shape index (κ3) is 3.18. The molecule has 3 heterocycles. The van der Waals surface area contributed by atoms with Crippen LogP contribution in [0.25, 0.3) is 0 Å². The first-order chi connectivity index (χ1) is 12.5. The van der Waals surface area contributed by atoms with E-state index in [2.05, 4.69) is 25.2 Å². The van der Waals surface area contributed by atoms with E-state index >= 15 is 0 Å². The van der Waals surface area contributed by atoms with Gasteiger partial charge in [-0.15, -0.1) is 10.2 Å². The molecule has 134 valence electrons. The maximum Gasteiger partial charge on any atom is 0.275 e. The normalized spacial score (nSPS) is 13.4. The van der Waals surface area contributed by atoms with Gasteiger partial charge in [0, 0.05) is 13.0 Å². The molecule has 1 aliphatic rings. The van der Waals surface area contributed by atoms with Gasteiger partial charge in [-0.3, -0.25) is 14.8 Å². The topological polar surface area (TPSA) is 119 Å². The molecule has 0 saturated carbocycles. The molecule has 2 N–H and O–H groups in total. The molecule has 0 radical (unpaired) electrons. The number of nitrogens with zero attached hydrogens (tertiary/aromatic N) is 4. The van der Waals surface area contributed by atoms with E-state index in [0.29, 0.717) is 5.69 Å². The standard InChI is InChI=1S/C15H14N6O3S2/c22-13(11-9-16-12-7-4-8-21(11)12)17-14-18-19-15(25-14)20-26(23,24)10-5-2-1-3-6-10/h1-3,5-6,9H,4,7-8H2,(H,19,20)(H,17,18,22). The third-order valence-electron chi connectivity index (χ3n) is 3.87. The number of imidazole rings is 1. The van der Waals surface area contributed by atoms with Crippen LogP contribution in [0.5, 0.6) is 0 Å². The Kier molecular flexibility index (Phi) is 4.17. The molecule has 4 rings (SSSR count). The van der Waals surface area contributed by atoms with E-state index in [0.717, 1.165) is 36.5 Å². The largest absolute Gasteiger partial charge is 0.324 e. The summed E-state index contributed by atoms with van der Waals surface area (Å²) < 4.78 is 28.8. The molecule has 1 aromatic carbocycles. The second-order valence-electron chi connectivity index (χ2n) is 5.60. The van der Waals surface area contributed by atoms with Gasteiger partial charge in [0.2, 0.25) is 10.3 Å². The number of nitrogens with one attached hydrogen (secondary N) is 2. The Morgan fingerprint density at radius 3 is 2.73 bits per heavy atom. The monoisotopic (exact) mass is 390 g/mol. The molecular weight excluding hydrogens is 376 g/mol. The first-order valence-corrected chi connectivity index (χ1v) is 10.1. The molecule has 0 unspecified atom stereocenters. The van der Waals surface area contributed by atoms with E-state index in [1.807, 2.05) is 4.57 Å². The molecule has 2 aromatic heterocycles. The number of amides is 1. The Morgan fingerprint density at radius 1 is 1.15 bits per heavy atom. The Balaban J connectivity index is 1.47. The molecule has 9 nitrogen and oxygen atoms in total. The Labute approximate surface area is 153 Å². The zero-order chi connectivity index (χ0) is 18.1. The lowest BCUT2D eigenvalue weighted by Gasteiger charge is -2.04. The van der Waals surface area contributed by atoms with Crippen LogP contribution in [0.1, 0.15) is 22.7 Å². The molecule has 11 heteroatoms. The summed E-state index contributed by atoms with van der Waals surface area (Å²) in [6, 6.07) is 7.94. The summed E-state index contributed by atoms with van der Waals surface area (Å²) in [6.45, 7) is 0.760. The summed E-state index contributed by atoms with van der Waals surface area (Å²) in [6.07, 6.45) is 3.36. The van der Waals surface area contributed by atoms with Gasteiger partial charge in [0.15, 0.2) is 0 Å². The quantitative estimate of drug-likeness (QED) is 0.685. The smallest absolute Gasteiger partial charge is 0.275 e. The molecule has 0 saturated heterocycles. The summed E-state index contributed by atoms with van der Waals surface area (Å²) in [7, 11) is -3.75. The second-order valence-corrected chi connectivity index (χ2v) is 8.26. The molecule has 0 atom stereocenters. The summed E-state index contributed by atoms with van der Waals surface area (Å²) >= 11 is 0.939. The SMILES string of the molecule is O=C(Nc1nnc(NS(=O)(=O)c2ccccc2)s1)c1cnc2n1CCC2. The van der Waals surface area contributed by atoms with E-state index in [4.69, 9.17) is 0 Å². The van der Waals surface area contributed by atoms with Crippen molar-refractivity contribution in [1.29, 1.82) is 0 Å². The van der Waals surface area contributed by atoms with Crippen molar-refractivity contribution in [3.05, 3.63) is 48.0 Å². The van der Waals surface area contributed by atoms with E-state index in [1.54, 1.807) is 18.2 Å². The van der Waals surface area contributed by atoms with Crippen LogP contribution in [0.15, 0.2) is 41.4 Å². The van der Waals surface area contributed by atoms with Crippen molar-refractivity contribution in [2.75, 3.05) is 10.0 Å². The number of benzene rings is 1. The van der Waals surface area contributed by atoms with Crippen LogP contribution in [0, 0.1) is 0 Å². The van der Waals surface area contributed by atoms with Gasteiger partial charge in [-0.25, -0.2) is 13.4 Å². The zero-order valence-electron chi connectivity index (χ0n) is 13.4. The van der Waals surface area contributed by atoms with Crippen LogP contribution in [-0.2, 0) is 23.0 Å². The number of carbonyl (C=O) groups excluding carboxylic acids is 1. The van der Waals surface area contributed by atoms with Gasteiger partial charge in [0.05, 0.1) is 11.1 Å². The van der Waals surface area contributed by atoms with Gasteiger partial charge in [-0.05, 0) is 18.6 Å². The molecule has 1 amide bonds. The number of fused-ring (bicyclic) bond motifs is 1. The Hall–Kier alpha value is -2.79. The van der Waals surface area contributed by atoms with Gasteiger partial charge in [0.1, 0.15) is 11.5 Å².